The maximum absolute atomic E-state index is 12.0. The number of para-hydroxylation sites is 2. The Morgan fingerprint density at radius 1 is 1.29 bits per heavy atom. The van der Waals surface area contributed by atoms with Gasteiger partial charge in [0.25, 0.3) is 6.01 Å². The molecule has 134 valence electrons. The molecule has 0 spiro atoms. The number of piperidine rings is 1. The Labute approximate surface area is 154 Å². The molecule has 1 aromatic heterocycles. The molecule has 1 fully saturated rings. The fourth-order valence-electron chi connectivity index (χ4n) is 2.79. The number of fused-ring (bicyclic) bond motifs is 1. The molecule has 0 bridgehead atoms. The van der Waals surface area contributed by atoms with E-state index in [0.29, 0.717) is 19.1 Å². The topological polar surface area (TPSA) is 84.4 Å². The summed E-state index contributed by atoms with van der Waals surface area (Å²) in [5.41, 5.74) is 7.11. The molecule has 8 heteroatoms. The summed E-state index contributed by atoms with van der Waals surface area (Å²) in [5, 5.41) is 2.95. The van der Waals surface area contributed by atoms with Crippen molar-refractivity contribution in [2.24, 2.45) is 11.7 Å². The smallest absolute Gasteiger partial charge is 0.298 e. The van der Waals surface area contributed by atoms with Crippen molar-refractivity contribution in [1.82, 2.24) is 10.3 Å². The van der Waals surface area contributed by atoms with E-state index in [4.69, 9.17) is 10.2 Å². The summed E-state index contributed by atoms with van der Waals surface area (Å²) < 4.78 is 5.78. The first-order valence-corrected chi connectivity index (χ1v) is 7.86. The Balaban J connectivity index is 0.00000144. The summed E-state index contributed by atoms with van der Waals surface area (Å²) in [6, 6.07) is 8.41. The lowest BCUT2D eigenvalue weighted by Crippen LogP contribution is -2.41. The SMILES string of the molecule is Cl.Cl.NCCCNC(=O)C1CCN(c2nc3ccccc3o2)CC1. The molecule has 0 saturated carbocycles. The van der Waals surface area contributed by atoms with Crippen molar-refractivity contribution in [3.05, 3.63) is 24.3 Å². The number of hydrogen-bond acceptors (Lipinski definition) is 5. The van der Waals surface area contributed by atoms with Crippen LogP contribution < -0.4 is 16.0 Å². The van der Waals surface area contributed by atoms with E-state index in [1.807, 2.05) is 24.3 Å². The fourth-order valence-corrected chi connectivity index (χ4v) is 2.79. The summed E-state index contributed by atoms with van der Waals surface area (Å²) >= 11 is 0. The molecule has 3 rings (SSSR count). The van der Waals surface area contributed by atoms with Crippen molar-refractivity contribution < 1.29 is 9.21 Å². The highest BCUT2D eigenvalue weighted by Gasteiger charge is 2.26. The second-order valence-electron chi connectivity index (χ2n) is 5.66. The zero-order valence-electron chi connectivity index (χ0n) is 13.4. The van der Waals surface area contributed by atoms with Crippen molar-refractivity contribution >= 4 is 47.8 Å². The summed E-state index contributed by atoms with van der Waals surface area (Å²) in [5.74, 6) is 0.226. The number of anilines is 1. The van der Waals surface area contributed by atoms with Gasteiger partial charge in [-0.05, 0) is 37.9 Å². The molecule has 24 heavy (non-hydrogen) atoms. The minimum absolute atomic E-state index is 0. The second-order valence-corrected chi connectivity index (χ2v) is 5.66. The van der Waals surface area contributed by atoms with Gasteiger partial charge in [-0.3, -0.25) is 4.79 Å². The highest BCUT2D eigenvalue weighted by Crippen LogP contribution is 2.26. The third-order valence-electron chi connectivity index (χ3n) is 4.10. The van der Waals surface area contributed by atoms with Crippen molar-refractivity contribution in [2.75, 3.05) is 31.1 Å². The molecular weight excluding hydrogens is 351 g/mol. The van der Waals surface area contributed by atoms with Crippen LogP contribution in [0.1, 0.15) is 19.3 Å². The number of nitrogens with zero attached hydrogens (tertiary/aromatic N) is 2. The van der Waals surface area contributed by atoms with Gasteiger partial charge in [-0.25, -0.2) is 0 Å². The predicted octanol–water partition coefficient (Wildman–Crippen LogP) is 2.35. The fraction of sp³-hybridized carbons (Fsp3) is 0.500. The van der Waals surface area contributed by atoms with Crippen molar-refractivity contribution in [2.45, 2.75) is 19.3 Å². The van der Waals surface area contributed by atoms with Crippen LogP contribution in [0.3, 0.4) is 0 Å². The molecule has 3 N–H and O–H groups in total. The molecule has 1 aliphatic heterocycles. The lowest BCUT2D eigenvalue weighted by molar-refractivity contribution is -0.125. The molecular formula is C16H24Cl2N4O2. The first-order valence-electron chi connectivity index (χ1n) is 7.86. The monoisotopic (exact) mass is 374 g/mol. The number of oxazole rings is 1. The summed E-state index contributed by atoms with van der Waals surface area (Å²) in [4.78, 5) is 18.7. The van der Waals surface area contributed by atoms with E-state index in [1.54, 1.807) is 0 Å². The number of aromatic nitrogens is 1. The Morgan fingerprint density at radius 2 is 2.00 bits per heavy atom. The molecule has 1 saturated heterocycles. The van der Waals surface area contributed by atoms with E-state index < -0.39 is 0 Å². The average Bonchev–Trinajstić information content (AvgIpc) is 2.99. The van der Waals surface area contributed by atoms with Crippen LogP contribution in [0.25, 0.3) is 11.1 Å². The molecule has 0 unspecified atom stereocenters. The Bertz CT molecular complexity index is 609. The van der Waals surface area contributed by atoms with Gasteiger partial charge >= 0.3 is 0 Å². The van der Waals surface area contributed by atoms with Crippen molar-refractivity contribution in [3.8, 4) is 0 Å². The number of benzene rings is 1. The van der Waals surface area contributed by atoms with Crippen molar-refractivity contribution in [3.63, 3.8) is 0 Å². The van der Waals surface area contributed by atoms with Gasteiger partial charge in [0.15, 0.2) is 5.58 Å². The molecule has 0 aliphatic carbocycles. The highest BCUT2D eigenvalue weighted by molar-refractivity contribution is 5.85. The lowest BCUT2D eigenvalue weighted by atomic mass is 9.96. The van der Waals surface area contributed by atoms with E-state index in [1.165, 1.54) is 0 Å². The number of rotatable bonds is 5. The molecule has 6 nitrogen and oxygen atoms in total. The van der Waals surface area contributed by atoms with Crippen LogP contribution in [0, 0.1) is 5.92 Å². The molecule has 1 aliphatic rings. The van der Waals surface area contributed by atoms with E-state index in [0.717, 1.165) is 43.5 Å². The van der Waals surface area contributed by atoms with Gasteiger partial charge in [-0.2, -0.15) is 4.98 Å². The molecule has 1 aromatic carbocycles. The number of halogens is 2. The molecule has 0 atom stereocenters. The lowest BCUT2D eigenvalue weighted by Gasteiger charge is -2.30. The minimum atomic E-state index is 0. The number of nitrogens with two attached hydrogens (primary N) is 1. The van der Waals surface area contributed by atoms with Crippen LogP contribution in [0.4, 0.5) is 6.01 Å². The summed E-state index contributed by atoms with van der Waals surface area (Å²) in [6.07, 6.45) is 2.48. The van der Waals surface area contributed by atoms with Gasteiger partial charge in [0.05, 0.1) is 0 Å². The van der Waals surface area contributed by atoms with E-state index in [9.17, 15) is 4.79 Å². The minimum Gasteiger partial charge on any atom is -0.423 e. The number of carbonyl (C=O) groups excluding carboxylic acids is 1. The number of hydrogen-bond donors (Lipinski definition) is 2. The largest absolute Gasteiger partial charge is 0.423 e. The van der Waals surface area contributed by atoms with Gasteiger partial charge in [-0.15, -0.1) is 24.8 Å². The van der Waals surface area contributed by atoms with E-state index in [2.05, 4.69) is 15.2 Å². The van der Waals surface area contributed by atoms with Crippen LogP contribution in [0.2, 0.25) is 0 Å². The van der Waals surface area contributed by atoms with Crippen LogP contribution in [-0.2, 0) is 4.79 Å². The van der Waals surface area contributed by atoms with Crippen LogP contribution in [-0.4, -0.2) is 37.1 Å². The van der Waals surface area contributed by atoms with Gasteiger partial charge in [0.1, 0.15) is 5.52 Å². The van der Waals surface area contributed by atoms with Crippen LogP contribution >= 0.6 is 24.8 Å². The van der Waals surface area contributed by atoms with Crippen LogP contribution in [0.15, 0.2) is 28.7 Å². The zero-order chi connectivity index (χ0) is 15.4. The van der Waals surface area contributed by atoms with Gasteiger partial charge in [0, 0.05) is 25.6 Å². The number of amides is 1. The average molecular weight is 375 g/mol. The van der Waals surface area contributed by atoms with Gasteiger partial charge in [0.2, 0.25) is 5.91 Å². The highest BCUT2D eigenvalue weighted by atomic mass is 35.5. The second kappa shape index (κ2) is 9.71. The third-order valence-corrected chi connectivity index (χ3v) is 4.10. The molecule has 0 radical (unpaired) electrons. The summed E-state index contributed by atoms with van der Waals surface area (Å²) in [7, 11) is 0. The quantitative estimate of drug-likeness (QED) is 0.784. The standard InChI is InChI=1S/C16H22N4O2.2ClH/c17-8-3-9-18-15(21)12-6-10-20(11-7-12)16-19-13-4-1-2-5-14(13)22-16;;/h1-2,4-5,12H,3,6-11,17H2,(H,18,21);2*1H. The Kier molecular flexibility index (Phi) is 8.31. The zero-order valence-corrected chi connectivity index (χ0v) is 15.1. The first kappa shape index (κ1) is 20.5. The molecule has 2 aromatic rings. The maximum atomic E-state index is 12.0. The van der Waals surface area contributed by atoms with Gasteiger partial charge < -0.3 is 20.4 Å². The third kappa shape index (κ3) is 4.75. The summed E-state index contributed by atoms with van der Waals surface area (Å²) in [6.45, 7) is 2.86. The Morgan fingerprint density at radius 3 is 2.67 bits per heavy atom. The number of carbonyl (C=O) groups is 1. The van der Waals surface area contributed by atoms with Crippen molar-refractivity contribution in [1.29, 1.82) is 0 Å². The van der Waals surface area contributed by atoms with Crippen LogP contribution in [0.5, 0.6) is 0 Å². The molecule has 2 heterocycles. The first-order chi connectivity index (χ1) is 10.8. The number of nitrogens with one attached hydrogen (secondary N) is 1. The van der Waals surface area contributed by atoms with E-state index >= 15 is 0 Å². The normalized spacial score (nSPS) is 14.8. The van der Waals surface area contributed by atoms with E-state index in [-0.39, 0.29) is 36.6 Å². The molecule has 1 amide bonds. The predicted molar refractivity (Wildman–Crippen MR) is 100 cm³/mol. The Hall–Kier alpha value is -1.50. The maximum Gasteiger partial charge on any atom is 0.298 e. The van der Waals surface area contributed by atoms with Gasteiger partial charge in [-0.1, -0.05) is 12.1 Å².